The van der Waals surface area contributed by atoms with Gasteiger partial charge in [-0.15, -0.1) is 0 Å². The number of carbonyl (C=O) groups excluding carboxylic acids is 1. The van der Waals surface area contributed by atoms with Crippen LogP contribution in [0, 0.1) is 11.8 Å². The van der Waals surface area contributed by atoms with Gasteiger partial charge in [0.05, 0.1) is 31.2 Å². The van der Waals surface area contributed by atoms with Gasteiger partial charge in [-0.2, -0.15) is 0 Å². The maximum atomic E-state index is 12.2. The molecule has 1 unspecified atom stereocenters. The third-order valence-electron chi connectivity index (χ3n) is 5.22. The minimum absolute atomic E-state index is 0.370. The van der Waals surface area contributed by atoms with Crippen LogP contribution in [-0.4, -0.2) is 53.6 Å². The Kier molecular flexibility index (Phi) is 4.72. The largest absolute Gasteiger partial charge is 0.463 e. The summed E-state index contributed by atoms with van der Waals surface area (Å²) in [6.07, 6.45) is 2.42. The van der Waals surface area contributed by atoms with E-state index < -0.39 is 17.7 Å². The first-order valence-corrected chi connectivity index (χ1v) is 7.79. The monoisotopic (exact) mass is 286 g/mol. The molecule has 2 fully saturated rings. The summed E-state index contributed by atoms with van der Waals surface area (Å²) in [5.41, 5.74) is -1.80. The van der Waals surface area contributed by atoms with E-state index in [0.717, 1.165) is 13.0 Å². The van der Waals surface area contributed by atoms with Gasteiger partial charge in [-0.25, -0.2) is 4.79 Å². The van der Waals surface area contributed by atoms with E-state index in [9.17, 15) is 15.0 Å². The molecule has 5 atom stereocenters. The molecular weight excluding hydrogens is 258 g/mol. The highest BCUT2D eigenvalue weighted by molar-refractivity contribution is 5.80. The summed E-state index contributed by atoms with van der Waals surface area (Å²) in [5, 5.41) is 20.1. The molecule has 0 saturated carbocycles. The van der Waals surface area contributed by atoms with E-state index in [2.05, 4.69) is 0 Å². The van der Waals surface area contributed by atoms with E-state index >= 15 is 0 Å². The van der Waals surface area contributed by atoms with Crippen LogP contribution < -0.4 is 4.90 Å². The smallest absolute Gasteiger partial charge is 0.341 e. The summed E-state index contributed by atoms with van der Waals surface area (Å²) in [4.78, 5) is 13.8. The van der Waals surface area contributed by atoms with Gasteiger partial charge in [0.25, 0.3) is 0 Å². The fourth-order valence-corrected chi connectivity index (χ4v) is 3.78. The number of aliphatic hydroxyl groups excluding tert-OH is 1. The van der Waals surface area contributed by atoms with E-state index in [1.165, 1.54) is 26.3 Å². The second-order valence-electron chi connectivity index (χ2n) is 6.71. The number of hydrogen-bond acceptors (Lipinski definition) is 4. The summed E-state index contributed by atoms with van der Waals surface area (Å²) >= 11 is 0. The van der Waals surface area contributed by atoms with Gasteiger partial charge >= 0.3 is 5.97 Å². The summed E-state index contributed by atoms with van der Waals surface area (Å²) in [7, 11) is 0. The summed E-state index contributed by atoms with van der Waals surface area (Å²) in [5.74, 6) is -0.664. The second kappa shape index (κ2) is 6.00. The molecule has 0 spiro atoms. The Bertz CT molecular complexity index is 348. The van der Waals surface area contributed by atoms with Gasteiger partial charge in [0.15, 0.2) is 5.60 Å². The van der Waals surface area contributed by atoms with Crippen molar-refractivity contribution in [3.05, 3.63) is 0 Å². The van der Waals surface area contributed by atoms with Crippen molar-refractivity contribution < 1.29 is 24.6 Å². The van der Waals surface area contributed by atoms with Crippen molar-refractivity contribution in [2.75, 3.05) is 19.7 Å². The number of rotatable bonds is 5. The van der Waals surface area contributed by atoms with Gasteiger partial charge < -0.3 is 19.8 Å². The molecule has 3 N–H and O–H groups in total. The zero-order valence-electron chi connectivity index (χ0n) is 12.8. The molecule has 2 heterocycles. The lowest BCUT2D eigenvalue weighted by molar-refractivity contribution is -0.900. The normalized spacial score (nSPS) is 33.8. The minimum Gasteiger partial charge on any atom is -0.463 e. The van der Waals surface area contributed by atoms with Crippen molar-refractivity contribution in [1.82, 2.24) is 0 Å². The molecule has 0 radical (unpaired) electrons. The van der Waals surface area contributed by atoms with Crippen molar-refractivity contribution >= 4 is 5.97 Å². The van der Waals surface area contributed by atoms with Gasteiger partial charge in [-0.1, -0.05) is 13.8 Å². The zero-order chi connectivity index (χ0) is 14.9. The SMILES string of the molecule is CC(C)[C@@](O)(C(=O)OC[C@@H]1CC[NH+]2CCC[C@@H]12)[C@@H](C)O. The molecule has 0 aromatic rings. The third-order valence-corrected chi connectivity index (χ3v) is 5.22. The molecule has 0 amide bonds. The van der Waals surface area contributed by atoms with E-state index in [4.69, 9.17) is 4.74 Å². The molecular formula is C15H28NO4+. The maximum absolute atomic E-state index is 12.2. The molecule has 5 heteroatoms. The van der Waals surface area contributed by atoms with E-state index in [-0.39, 0.29) is 5.92 Å². The molecule has 0 aromatic carbocycles. The number of carbonyl (C=O) groups is 1. The molecule has 5 nitrogen and oxygen atoms in total. The highest BCUT2D eigenvalue weighted by Gasteiger charge is 2.47. The topological polar surface area (TPSA) is 71.2 Å². The first-order chi connectivity index (χ1) is 9.37. The predicted octanol–water partition coefficient (Wildman–Crippen LogP) is -0.635. The summed E-state index contributed by atoms with van der Waals surface area (Å²) < 4.78 is 5.36. The van der Waals surface area contributed by atoms with Crippen molar-refractivity contribution in [2.24, 2.45) is 11.8 Å². The Morgan fingerprint density at radius 3 is 2.65 bits per heavy atom. The predicted molar refractivity (Wildman–Crippen MR) is 74.3 cm³/mol. The van der Waals surface area contributed by atoms with Crippen molar-refractivity contribution in [3.63, 3.8) is 0 Å². The molecule has 2 saturated heterocycles. The fraction of sp³-hybridized carbons (Fsp3) is 0.933. The quantitative estimate of drug-likeness (QED) is 0.588. The fourth-order valence-electron chi connectivity index (χ4n) is 3.78. The lowest BCUT2D eigenvalue weighted by Gasteiger charge is -2.32. The Labute approximate surface area is 120 Å². The van der Waals surface area contributed by atoms with Gasteiger partial charge in [0.2, 0.25) is 0 Å². The average Bonchev–Trinajstić information content (AvgIpc) is 2.97. The lowest BCUT2D eigenvalue weighted by Crippen LogP contribution is -3.11. The zero-order valence-corrected chi connectivity index (χ0v) is 12.8. The van der Waals surface area contributed by atoms with Crippen molar-refractivity contribution in [3.8, 4) is 0 Å². The Balaban J connectivity index is 1.91. The summed E-state index contributed by atoms with van der Waals surface area (Å²) in [6, 6.07) is 0.612. The third kappa shape index (κ3) is 2.71. The Morgan fingerprint density at radius 1 is 1.35 bits per heavy atom. The molecule has 20 heavy (non-hydrogen) atoms. The maximum Gasteiger partial charge on any atom is 0.341 e. The molecule has 2 aliphatic rings. The highest BCUT2D eigenvalue weighted by Crippen LogP contribution is 2.25. The molecule has 2 aliphatic heterocycles. The minimum atomic E-state index is -1.80. The van der Waals surface area contributed by atoms with Crippen LogP contribution in [0.3, 0.4) is 0 Å². The van der Waals surface area contributed by atoms with Gasteiger partial charge in [0, 0.05) is 19.3 Å². The first kappa shape index (κ1) is 15.7. The average molecular weight is 286 g/mol. The van der Waals surface area contributed by atoms with Crippen molar-refractivity contribution in [1.29, 1.82) is 0 Å². The van der Waals surface area contributed by atoms with Crippen LogP contribution in [0.2, 0.25) is 0 Å². The van der Waals surface area contributed by atoms with Crippen LogP contribution in [0.4, 0.5) is 0 Å². The summed E-state index contributed by atoms with van der Waals surface area (Å²) in [6.45, 7) is 7.63. The number of fused-ring (bicyclic) bond motifs is 1. The molecule has 0 aliphatic carbocycles. The highest BCUT2D eigenvalue weighted by atomic mass is 16.6. The van der Waals surface area contributed by atoms with Crippen LogP contribution in [0.5, 0.6) is 0 Å². The number of aliphatic hydroxyl groups is 2. The van der Waals surface area contributed by atoms with Gasteiger partial charge in [-0.05, 0) is 12.8 Å². The van der Waals surface area contributed by atoms with E-state index in [1.54, 1.807) is 18.7 Å². The standard InChI is InChI=1S/C15H27NO4/c1-10(2)15(19,11(3)17)14(18)20-9-12-6-8-16-7-4-5-13(12)16/h10-13,17,19H,4-9H2,1-3H3/p+1/t11-,12+,13+,15+/m1/s1. The van der Waals surface area contributed by atoms with E-state index in [0.29, 0.717) is 18.6 Å². The Morgan fingerprint density at radius 2 is 2.05 bits per heavy atom. The molecule has 0 aromatic heterocycles. The number of hydrogen-bond donors (Lipinski definition) is 3. The van der Waals surface area contributed by atoms with Crippen LogP contribution in [-0.2, 0) is 9.53 Å². The van der Waals surface area contributed by atoms with Crippen LogP contribution in [0.15, 0.2) is 0 Å². The number of ether oxygens (including phenoxy) is 1. The number of nitrogens with one attached hydrogen (secondary N) is 1. The Hall–Kier alpha value is -0.650. The first-order valence-electron chi connectivity index (χ1n) is 7.79. The molecule has 2 rings (SSSR count). The second-order valence-corrected chi connectivity index (χ2v) is 6.71. The van der Waals surface area contributed by atoms with Crippen LogP contribution in [0.1, 0.15) is 40.0 Å². The lowest BCUT2D eigenvalue weighted by atomic mass is 9.85. The van der Waals surface area contributed by atoms with Crippen LogP contribution in [0.25, 0.3) is 0 Å². The molecule has 0 bridgehead atoms. The number of esters is 1. The molecule has 116 valence electrons. The van der Waals surface area contributed by atoms with Crippen molar-refractivity contribution in [2.45, 2.75) is 57.8 Å². The number of quaternary nitrogens is 1. The van der Waals surface area contributed by atoms with Gasteiger partial charge in [0.1, 0.15) is 6.61 Å². The van der Waals surface area contributed by atoms with E-state index in [1.807, 2.05) is 0 Å². The van der Waals surface area contributed by atoms with Crippen LogP contribution >= 0.6 is 0 Å². The van der Waals surface area contributed by atoms with Gasteiger partial charge in [-0.3, -0.25) is 0 Å².